The molecule has 4 N–H and O–H groups in total. The Hall–Kier alpha value is -0.870. The Kier molecular flexibility index (Phi) is 10.5. The third-order valence-electron chi connectivity index (χ3n) is 3.35. The van der Waals surface area contributed by atoms with Crippen LogP contribution >= 0.6 is 24.0 Å². The van der Waals surface area contributed by atoms with Gasteiger partial charge in [0, 0.05) is 12.6 Å². The van der Waals surface area contributed by atoms with E-state index in [-0.39, 0.29) is 40.8 Å². The quantitative estimate of drug-likeness (QED) is 0.310. The van der Waals surface area contributed by atoms with Gasteiger partial charge in [-0.2, -0.15) is 0 Å². The number of hydrogen-bond acceptors (Lipinski definition) is 3. The van der Waals surface area contributed by atoms with Gasteiger partial charge in [-0.3, -0.25) is 0 Å². The van der Waals surface area contributed by atoms with Crippen LogP contribution in [-0.2, 0) is 16.6 Å². The average Bonchev–Trinajstić information content (AvgIpc) is 2.51. The smallest absolute Gasteiger partial charge is 0.240 e. The minimum Gasteiger partial charge on any atom is -0.370 e. The highest BCUT2D eigenvalue weighted by atomic mass is 127. The van der Waals surface area contributed by atoms with E-state index in [4.69, 9.17) is 5.73 Å². The van der Waals surface area contributed by atoms with E-state index in [1.165, 1.54) is 0 Å². The van der Waals surface area contributed by atoms with E-state index in [1.807, 2.05) is 20.8 Å². The van der Waals surface area contributed by atoms with E-state index < -0.39 is 10.0 Å². The number of aliphatic imine (C=N–C) groups is 1. The van der Waals surface area contributed by atoms with E-state index in [9.17, 15) is 8.42 Å². The predicted molar refractivity (Wildman–Crippen MR) is 110 cm³/mol. The van der Waals surface area contributed by atoms with Crippen LogP contribution in [0.1, 0.15) is 39.7 Å². The molecule has 0 saturated carbocycles. The molecule has 0 heterocycles. The van der Waals surface area contributed by atoms with Gasteiger partial charge in [0.25, 0.3) is 0 Å². The monoisotopic (exact) mass is 468 g/mol. The van der Waals surface area contributed by atoms with Crippen molar-refractivity contribution in [1.29, 1.82) is 0 Å². The fourth-order valence-electron chi connectivity index (χ4n) is 1.71. The summed E-state index contributed by atoms with van der Waals surface area (Å²) in [5.41, 5.74) is 6.70. The average molecular weight is 468 g/mol. The maximum absolute atomic E-state index is 12.1. The van der Waals surface area contributed by atoms with Crippen LogP contribution in [-0.4, -0.2) is 27.0 Å². The van der Waals surface area contributed by atoms with Crippen molar-refractivity contribution in [2.24, 2.45) is 16.6 Å². The molecule has 0 aromatic heterocycles. The van der Waals surface area contributed by atoms with Gasteiger partial charge < -0.3 is 11.1 Å². The highest BCUT2D eigenvalue weighted by Gasteiger charge is 2.13. The van der Waals surface area contributed by atoms with Gasteiger partial charge in [-0.1, -0.05) is 32.9 Å². The minimum atomic E-state index is -3.45. The zero-order valence-corrected chi connectivity index (χ0v) is 17.9. The Balaban J connectivity index is 0.00000529. The third-order valence-corrected chi connectivity index (χ3v) is 4.79. The molecule has 0 aliphatic carbocycles. The molecular weight excluding hydrogens is 439 g/mol. The molecule has 0 radical (unpaired) electrons. The molecule has 0 amide bonds. The number of nitrogens with one attached hydrogen (secondary N) is 2. The largest absolute Gasteiger partial charge is 0.370 e. The number of benzene rings is 1. The van der Waals surface area contributed by atoms with Crippen molar-refractivity contribution in [2.75, 3.05) is 6.54 Å². The van der Waals surface area contributed by atoms with E-state index in [1.54, 1.807) is 24.3 Å². The van der Waals surface area contributed by atoms with Crippen LogP contribution in [0.25, 0.3) is 0 Å². The molecule has 6 nitrogen and oxygen atoms in total. The molecule has 0 bridgehead atoms. The second-order valence-electron chi connectivity index (χ2n) is 6.04. The number of nitrogens with two attached hydrogens (primary N) is 1. The summed E-state index contributed by atoms with van der Waals surface area (Å²) in [6, 6.07) is 6.96. The maximum atomic E-state index is 12.1. The van der Waals surface area contributed by atoms with Crippen molar-refractivity contribution in [3.8, 4) is 0 Å². The summed E-state index contributed by atoms with van der Waals surface area (Å²) in [5.74, 6) is 0.661. The lowest BCUT2D eigenvalue weighted by Gasteiger charge is -2.12. The lowest BCUT2D eigenvalue weighted by Crippen LogP contribution is -2.38. The summed E-state index contributed by atoms with van der Waals surface area (Å²) in [4.78, 5) is 4.51. The Morgan fingerprint density at radius 2 is 1.79 bits per heavy atom. The van der Waals surface area contributed by atoms with Crippen LogP contribution in [0, 0.1) is 5.92 Å². The number of guanidine groups is 1. The first-order valence-electron chi connectivity index (χ1n) is 7.89. The summed E-state index contributed by atoms with van der Waals surface area (Å²) < 4.78 is 26.8. The zero-order valence-electron chi connectivity index (χ0n) is 14.7. The molecule has 0 aliphatic rings. The molecule has 138 valence electrons. The van der Waals surface area contributed by atoms with Gasteiger partial charge in [-0.25, -0.2) is 18.1 Å². The Morgan fingerprint density at radius 3 is 2.29 bits per heavy atom. The number of nitrogens with zero attached hydrogens (tertiary/aromatic N) is 1. The van der Waals surface area contributed by atoms with Crippen LogP contribution < -0.4 is 15.8 Å². The van der Waals surface area contributed by atoms with Crippen molar-refractivity contribution >= 4 is 40.0 Å². The number of rotatable bonds is 8. The van der Waals surface area contributed by atoms with E-state index >= 15 is 0 Å². The van der Waals surface area contributed by atoms with Crippen LogP contribution in [0.15, 0.2) is 34.2 Å². The Morgan fingerprint density at radius 1 is 1.21 bits per heavy atom. The van der Waals surface area contributed by atoms with Gasteiger partial charge in [0.15, 0.2) is 5.96 Å². The van der Waals surface area contributed by atoms with Gasteiger partial charge in [0.1, 0.15) is 0 Å². The second kappa shape index (κ2) is 10.9. The highest BCUT2D eigenvalue weighted by molar-refractivity contribution is 14.0. The summed E-state index contributed by atoms with van der Waals surface area (Å²) in [5, 5.41) is 3.08. The van der Waals surface area contributed by atoms with E-state index in [2.05, 4.69) is 22.0 Å². The normalized spacial score (nSPS) is 13.5. The number of sulfonamides is 1. The molecule has 1 aromatic carbocycles. The first-order chi connectivity index (χ1) is 10.7. The molecule has 24 heavy (non-hydrogen) atoms. The molecule has 0 fully saturated rings. The van der Waals surface area contributed by atoms with Crippen molar-refractivity contribution < 1.29 is 8.42 Å². The van der Waals surface area contributed by atoms with Crippen LogP contribution in [0.2, 0.25) is 0 Å². The van der Waals surface area contributed by atoms with Crippen molar-refractivity contribution in [3.63, 3.8) is 0 Å². The predicted octanol–water partition coefficient (Wildman–Crippen LogP) is 2.44. The number of hydrogen-bond donors (Lipinski definition) is 3. The SMILES string of the molecule is CCC(C)NC(N)=NCc1ccc(S(=O)(=O)NCC(C)C)cc1.I. The minimum absolute atomic E-state index is 0. The number of halogens is 1. The molecule has 1 unspecified atom stereocenters. The standard InChI is InChI=1S/C16H28N4O2S.HI/c1-5-13(4)20-16(17)18-11-14-6-8-15(9-7-14)23(21,22)19-10-12(2)3;/h6-9,12-13,19H,5,10-11H2,1-4H3,(H3,17,18,20);1H. The summed E-state index contributed by atoms with van der Waals surface area (Å²) >= 11 is 0. The highest BCUT2D eigenvalue weighted by Crippen LogP contribution is 2.11. The van der Waals surface area contributed by atoms with Crippen LogP contribution in [0.3, 0.4) is 0 Å². The van der Waals surface area contributed by atoms with Crippen molar-refractivity contribution in [1.82, 2.24) is 10.0 Å². The fourth-order valence-corrected chi connectivity index (χ4v) is 2.92. The van der Waals surface area contributed by atoms with E-state index in [0.29, 0.717) is 19.0 Å². The molecule has 0 saturated heterocycles. The maximum Gasteiger partial charge on any atom is 0.240 e. The summed E-state index contributed by atoms with van der Waals surface area (Å²) in [7, 11) is -3.45. The van der Waals surface area contributed by atoms with Gasteiger partial charge in [-0.05, 0) is 37.0 Å². The molecule has 0 aliphatic heterocycles. The molecule has 8 heteroatoms. The first-order valence-corrected chi connectivity index (χ1v) is 9.38. The van der Waals surface area contributed by atoms with Crippen LogP contribution in [0.4, 0.5) is 0 Å². The summed E-state index contributed by atoms with van der Waals surface area (Å²) in [6.07, 6.45) is 0.964. The molecule has 1 rings (SSSR count). The van der Waals surface area contributed by atoms with Gasteiger partial charge >= 0.3 is 0 Å². The van der Waals surface area contributed by atoms with E-state index in [0.717, 1.165) is 12.0 Å². The molecule has 0 spiro atoms. The Labute approximate surface area is 162 Å². The fraction of sp³-hybridized carbons (Fsp3) is 0.562. The third kappa shape index (κ3) is 8.29. The zero-order chi connectivity index (χ0) is 17.5. The lowest BCUT2D eigenvalue weighted by atomic mass is 10.2. The lowest BCUT2D eigenvalue weighted by molar-refractivity contribution is 0.560. The van der Waals surface area contributed by atoms with Gasteiger partial charge in [0.05, 0.1) is 11.4 Å². The van der Waals surface area contributed by atoms with Crippen LogP contribution in [0.5, 0.6) is 0 Å². The first kappa shape index (κ1) is 23.1. The van der Waals surface area contributed by atoms with Crippen molar-refractivity contribution in [2.45, 2.75) is 51.6 Å². The van der Waals surface area contributed by atoms with Gasteiger partial charge in [-0.15, -0.1) is 24.0 Å². The molecular formula is C16H29IN4O2S. The van der Waals surface area contributed by atoms with Gasteiger partial charge in [0.2, 0.25) is 10.0 Å². The summed E-state index contributed by atoms with van der Waals surface area (Å²) in [6.45, 7) is 8.85. The molecule has 1 aromatic rings. The topological polar surface area (TPSA) is 96.6 Å². The Bertz CT molecular complexity index is 615. The second-order valence-corrected chi connectivity index (χ2v) is 7.81. The molecule has 1 atom stereocenters. The van der Waals surface area contributed by atoms with Crippen molar-refractivity contribution in [3.05, 3.63) is 29.8 Å².